The number of esters is 1. The summed E-state index contributed by atoms with van der Waals surface area (Å²) in [6, 6.07) is 3.53. The SMILES string of the molecule is COC(=O)C1CCCCC1CNC(=O)/C=C/c1cc(OC)c(OC)c(OC)c1. The molecular weight excluding hydrogens is 362 g/mol. The van der Waals surface area contributed by atoms with E-state index in [0.717, 1.165) is 31.2 Å². The molecule has 0 spiro atoms. The minimum absolute atomic E-state index is 0.111. The summed E-state index contributed by atoms with van der Waals surface area (Å²) in [5.41, 5.74) is 0.745. The van der Waals surface area contributed by atoms with Gasteiger partial charge >= 0.3 is 5.97 Å². The van der Waals surface area contributed by atoms with Gasteiger partial charge in [-0.25, -0.2) is 0 Å². The fraction of sp³-hybridized carbons (Fsp3) is 0.524. The van der Waals surface area contributed by atoms with E-state index in [0.29, 0.717) is 23.8 Å². The van der Waals surface area contributed by atoms with E-state index in [-0.39, 0.29) is 23.7 Å². The van der Waals surface area contributed by atoms with Gasteiger partial charge in [0.05, 0.1) is 34.4 Å². The molecule has 1 aliphatic carbocycles. The first-order valence-corrected chi connectivity index (χ1v) is 9.37. The molecule has 0 heterocycles. The number of hydrogen-bond acceptors (Lipinski definition) is 6. The highest BCUT2D eigenvalue weighted by Gasteiger charge is 2.31. The van der Waals surface area contributed by atoms with Crippen LogP contribution in [-0.2, 0) is 14.3 Å². The van der Waals surface area contributed by atoms with Crippen molar-refractivity contribution in [3.05, 3.63) is 23.8 Å². The fourth-order valence-electron chi connectivity index (χ4n) is 3.57. The molecule has 1 amide bonds. The van der Waals surface area contributed by atoms with Gasteiger partial charge in [0.1, 0.15) is 0 Å². The number of methoxy groups -OCH3 is 4. The van der Waals surface area contributed by atoms with Gasteiger partial charge in [0.25, 0.3) is 0 Å². The van der Waals surface area contributed by atoms with Crippen LogP contribution in [0.5, 0.6) is 17.2 Å². The lowest BCUT2D eigenvalue weighted by molar-refractivity contribution is -0.148. The lowest BCUT2D eigenvalue weighted by Crippen LogP contribution is -2.37. The zero-order valence-corrected chi connectivity index (χ0v) is 16.9. The van der Waals surface area contributed by atoms with E-state index >= 15 is 0 Å². The minimum Gasteiger partial charge on any atom is -0.493 e. The third kappa shape index (κ3) is 5.41. The monoisotopic (exact) mass is 391 g/mol. The van der Waals surface area contributed by atoms with Gasteiger partial charge in [0.15, 0.2) is 11.5 Å². The molecule has 0 aliphatic heterocycles. The van der Waals surface area contributed by atoms with Crippen molar-refractivity contribution < 1.29 is 28.5 Å². The zero-order chi connectivity index (χ0) is 20.5. The molecule has 28 heavy (non-hydrogen) atoms. The van der Waals surface area contributed by atoms with Gasteiger partial charge < -0.3 is 24.3 Å². The standard InChI is InChI=1S/C21H29NO6/c1-25-17-11-14(12-18(26-2)20(17)27-3)9-10-19(23)22-13-15-7-5-6-8-16(15)21(24)28-4/h9-12,15-16H,5-8,13H2,1-4H3,(H,22,23)/b10-9+. The van der Waals surface area contributed by atoms with Gasteiger partial charge in [-0.15, -0.1) is 0 Å². The highest BCUT2D eigenvalue weighted by Crippen LogP contribution is 2.38. The fourth-order valence-corrected chi connectivity index (χ4v) is 3.57. The molecule has 2 atom stereocenters. The first-order chi connectivity index (χ1) is 13.5. The van der Waals surface area contributed by atoms with Crippen molar-refractivity contribution >= 4 is 18.0 Å². The van der Waals surface area contributed by atoms with Crippen molar-refractivity contribution in [2.24, 2.45) is 11.8 Å². The lowest BCUT2D eigenvalue weighted by atomic mass is 9.79. The number of benzene rings is 1. The molecule has 154 valence electrons. The number of carbonyl (C=O) groups excluding carboxylic acids is 2. The molecule has 0 aromatic heterocycles. The van der Waals surface area contributed by atoms with Crippen LogP contribution in [-0.4, -0.2) is 46.9 Å². The Labute approximate surface area is 166 Å². The van der Waals surface area contributed by atoms with Gasteiger partial charge in [-0.05, 0) is 42.5 Å². The number of amides is 1. The molecular formula is C21H29NO6. The Kier molecular flexibility index (Phi) is 8.17. The van der Waals surface area contributed by atoms with Crippen molar-refractivity contribution in [2.45, 2.75) is 25.7 Å². The number of rotatable bonds is 8. The normalized spacial score (nSPS) is 19.1. The van der Waals surface area contributed by atoms with Crippen LogP contribution in [0.4, 0.5) is 0 Å². The van der Waals surface area contributed by atoms with Crippen molar-refractivity contribution in [3.63, 3.8) is 0 Å². The quantitative estimate of drug-likeness (QED) is 0.542. The Morgan fingerprint density at radius 2 is 1.68 bits per heavy atom. The van der Waals surface area contributed by atoms with E-state index in [1.807, 2.05) is 0 Å². The van der Waals surface area contributed by atoms with Crippen LogP contribution in [0.1, 0.15) is 31.2 Å². The second-order valence-electron chi connectivity index (χ2n) is 6.71. The second kappa shape index (κ2) is 10.6. The lowest BCUT2D eigenvalue weighted by Gasteiger charge is -2.29. The average molecular weight is 391 g/mol. The predicted molar refractivity (Wildman–Crippen MR) is 106 cm³/mol. The van der Waals surface area contributed by atoms with Crippen LogP contribution in [0.25, 0.3) is 6.08 Å². The van der Waals surface area contributed by atoms with Crippen LogP contribution in [0, 0.1) is 11.8 Å². The number of carbonyl (C=O) groups is 2. The third-order valence-electron chi connectivity index (χ3n) is 5.07. The molecule has 0 radical (unpaired) electrons. The van der Waals surface area contributed by atoms with Crippen LogP contribution >= 0.6 is 0 Å². The predicted octanol–water partition coefficient (Wildman–Crippen LogP) is 2.82. The maximum Gasteiger partial charge on any atom is 0.309 e. The van der Waals surface area contributed by atoms with E-state index < -0.39 is 0 Å². The summed E-state index contributed by atoms with van der Waals surface area (Å²) in [7, 11) is 6.03. The van der Waals surface area contributed by atoms with Crippen LogP contribution < -0.4 is 19.5 Å². The second-order valence-corrected chi connectivity index (χ2v) is 6.71. The first-order valence-electron chi connectivity index (χ1n) is 9.37. The number of ether oxygens (including phenoxy) is 4. The number of nitrogens with one attached hydrogen (secondary N) is 1. The maximum atomic E-state index is 12.2. The molecule has 1 aliphatic rings. The molecule has 1 aromatic rings. The van der Waals surface area contributed by atoms with Crippen molar-refractivity contribution in [3.8, 4) is 17.2 Å². The van der Waals surface area contributed by atoms with Gasteiger partial charge in [-0.1, -0.05) is 12.8 Å². The van der Waals surface area contributed by atoms with E-state index in [9.17, 15) is 9.59 Å². The van der Waals surface area contributed by atoms with E-state index in [1.54, 1.807) is 32.4 Å². The van der Waals surface area contributed by atoms with Gasteiger partial charge in [-0.3, -0.25) is 9.59 Å². The van der Waals surface area contributed by atoms with Crippen LogP contribution in [0.15, 0.2) is 18.2 Å². The highest BCUT2D eigenvalue weighted by molar-refractivity contribution is 5.92. The Bertz CT molecular complexity index is 690. The molecule has 7 heteroatoms. The van der Waals surface area contributed by atoms with Crippen LogP contribution in [0.2, 0.25) is 0 Å². The Morgan fingerprint density at radius 1 is 1.04 bits per heavy atom. The van der Waals surface area contributed by atoms with Crippen molar-refractivity contribution in [2.75, 3.05) is 35.0 Å². The van der Waals surface area contributed by atoms with E-state index in [1.165, 1.54) is 20.3 Å². The smallest absolute Gasteiger partial charge is 0.309 e. The summed E-state index contributed by atoms with van der Waals surface area (Å²) in [5, 5.41) is 2.89. The highest BCUT2D eigenvalue weighted by atomic mass is 16.5. The van der Waals surface area contributed by atoms with Crippen molar-refractivity contribution in [1.82, 2.24) is 5.32 Å². The molecule has 1 fully saturated rings. The topological polar surface area (TPSA) is 83.1 Å². The molecule has 0 bridgehead atoms. The summed E-state index contributed by atoms with van der Waals surface area (Å²) in [6.45, 7) is 0.457. The van der Waals surface area contributed by atoms with Gasteiger partial charge in [0.2, 0.25) is 11.7 Å². The van der Waals surface area contributed by atoms with Gasteiger partial charge in [-0.2, -0.15) is 0 Å². The molecule has 0 saturated heterocycles. The molecule has 2 unspecified atom stereocenters. The molecule has 1 N–H and O–H groups in total. The third-order valence-corrected chi connectivity index (χ3v) is 5.07. The average Bonchev–Trinajstić information content (AvgIpc) is 2.74. The van der Waals surface area contributed by atoms with Crippen LogP contribution in [0.3, 0.4) is 0 Å². The summed E-state index contributed by atoms with van der Waals surface area (Å²) in [6.07, 6.45) is 6.95. The van der Waals surface area contributed by atoms with E-state index in [2.05, 4.69) is 5.32 Å². The molecule has 7 nitrogen and oxygen atoms in total. The Balaban J connectivity index is 2.00. The summed E-state index contributed by atoms with van der Waals surface area (Å²) in [4.78, 5) is 24.2. The first kappa shape index (κ1) is 21.6. The zero-order valence-electron chi connectivity index (χ0n) is 16.9. The van der Waals surface area contributed by atoms with E-state index in [4.69, 9.17) is 18.9 Å². The maximum absolute atomic E-state index is 12.2. The largest absolute Gasteiger partial charge is 0.493 e. The molecule has 1 aromatic carbocycles. The summed E-state index contributed by atoms with van der Waals surface area (Å²) < 4.78 is 20.8. The minimum atomic E-state index is -0.219. The molecule has 1 saturated carbocycles. The molecule has 2 rings (SSSR count). The Morgan fingerprint density at radius 3 is 2.25 bits per heavy atom. The van der Waals surface area contributed by atoms with Gasteiger partial charge in [0, 0.05) is 12.6 Å². The summed E-state index contributed by atoms with van der Waals surface area (Å²) >= 11 is 0. The Hall–Kier alpha value is -2.70. The number of hydrogen-bond donors (Lipinski definition) is 1. The summed E-state index contributed by atoms with van der Waals surface area (Å²) in [5.74, 6) is 1.10. The van der Waals surface area contributed by atoms with Crippen molar-refractivity contribution in [1.29, 1.82) is 0 Å².